The second-order valence-corrected chi connectivity index (χ2v) is 6.10. The van der Waals surface area contributed by atoms with E-state index in [0.29, 0.717) is 12.3 Å². The van der Waals surface area contributed by atoms with Crippen LogP contribution in [0.2, 0.25) is 0 Å². The minimum Gasteiger partial charge on any atom is -0.262 e. The van der Waals surface area contributed by atoms with Gasteiger partial charge in [0.1, 0.15) is 6.10 Å². The van der Waals surface area contributed by atoms with Gasteiger partial charge in [-0.2, -0.15) is 34.8 Å². The van der Waals surface area contributed by atoms with Crippen molar-refractivity contribution < 1.29 is 38.9 Å². The molecule has 22 heavy (non-hydrogen) atoms. The molecule has 0 amide bonds. The van der Waals surface area contributed by atoms with Crippen LogP contribution in [0.4, 0.5) is 26.3 Å². The van der Waals surface area contributed by atoms with Crippen LogP contribution in [0.5, 0.6) is 0 Å². The summed E-state index contributed by atoms with van der Waals surface area (Å²) in [5.41, 5.74) is -3.54. The van der Waals surface area contributed by atoms with Crippen LogP contribution in [-0.2, 0) is 26.7 Å². The molecule has 1 atom stereocenters. The molecule has 0 aliphatic rings. The Balaban J connectivity index is 3.51. The van der Waals surface area contributed by atoms with Crippen molar-refractivity contribution in [3.8, 4) is 0 Å². The Kier molecular flexibility index (Phi) is 5.18. The Labute approximate surface area is 123 Å². The molecule has 1 rings (SSSR count). The van der Waals surface area contributed by atoms with E-state index in [0.717, 1.165) is 0 Å². The summed E-state index contributed by atoms with van der Waals surface area (Å²) in [4.78, 5) is 0. The van der Waals surface area contributed by atoms with E-state index >= 15 is 0 Å². The predicted octanol–water partition coefficient (Wildman–Crippen LogP) is 4.15. The summed E-state index contributed by atoms with van der Waals surface area (Å²) in [7, 11) is -4.14. The summed E-state index contributed by atoms with van der Waals surface area (Å²) in [6, 6.07) is 0.827. The minimum absolute atomic E-state index is 0.253. The van der Waals surface area contributed by atoms with Gasteiger partial charge in [-0.3, -0.25) is 4.18 Å². The lowest BCUT2D eigenvalue weighted by molar-refractivity contribution is -0.142. The fourth-order valence-corrected chi connectivity index (χ4v) is 2.48. The number of benzene rings is 1. The van der Waals surface area contributed by atoms with Crippen LogP contribution in [0.3, 0.4) is 0 Å². The Morgan fingerprint density at radius 2 is 1.64 bits per heavy atom. The van der Waals surface area contributed by atoms with Gasteiger partial charge in [0, 0.05) is 0 Å². The number of halogens is 6. The van der Waals surface area contributed by atoms with Gasteiger partial charge in [0.2, 0.25) is 0 Å². The van der Waals surface area contributed by atoms with Gasteiger partial charge >= 0.3 is 12.4 Å². The topological polar surface area (TPSA) is 43.4 Å². The predicted molar refractivity (Wildman–Crippen MR) is 65.4 cm³/mol. The van der Waals surface area contributed by atoms with Crippen molar-refractivity contribution in [2.24, 2.45) is 0 Å². The van der Waals surface area contributed by atoms with Crippen molar-refractivity contribution in [1.82, 2.24) is 0 Å². The average Bonchev–Trinajstić information content (AvgIpc) is 2.32. The standard InChI is InChI=1S/C12H12F6O3S/c1-3-10(21-22(2,19)20)8-6-7(11(13,14)15)4-5-9(8)12(16,17)18/h4-6,10H,3H2,1-2H3. The Hall–Kier alpha value is -1.29. The first-order chi connectivity index (χ1) is 9.75. The largest absolute Gasteiger partial charge is 0.416 e. The van der Waals surface area contributed by atoms with Crippen molar-refractivity contribution in [2.45, 2.75) is 31.8 Å². The summed E-state index contributed by atoms with van der Waals surface area (Å²) in [6.07, 6.45) is -11.1. The highest BCUT2D eigenvalue weighted by Gasteiger charge is 2.39. The molecule has 0 aliphatic heterocycles. The molecule has 0 bridgehead atoms. The van der Waals surface area contributed by atoms with Gasteiger partial charge in [-0.05, 0) is 30.2 Å². The Morgan fingerprint density at radius 1 is 1.09 bits per heavy atom. The van der Waals surface area contributed by atoms with E-state index < -0.39 is 45.3 Å². The molecule has 0 radical (unpaired) electrons. The summed E-state index contributed by atoms with van der Waals surface area (Å²) < 4.78 is 103. The molecule has 126 valence electrons. The molecule has 0 heterocycles. The first-order valence-corrected chi connectivity index (χ1v) is 7.74. The Morgan fingerprint density at radius 3 is 2.00 bits per heavy atom. The van der Waals surface area contributed by atoms with E-state index in [1.807, 2.05) is 0 Å². The SMILES string of the molecule is CCC(OS(C)(=O)=O)c1cc(C(F)(F)F)ccc1C(F)(F)F. The lowest BCUT2D eigenvalue weighted by atomic mass is 9.97. The smallest absolute Gasteiger partial charge is 0.262 e. The molecule has 1 unspecified atom stereocenters. The second kappa shape index (κ2) is 6.07. The maximum atomic E-state index is 12.9. The average molecular weight is 350 g/mol. The minimum atomic E-state index is -4.94. The zero-order chi connectivity index (χ0) is 17.3. The van der Waals surface area contributed by atoms with E-state index in [9.17, 15) is 34.8 Å². The number of hydrogen-bond acceptors (Lipinski definition) is 3. The van der Waals surface area contributed by atoms with Crippen LogP contribution in [-0.4, -0.2) is 14.7 Å². The molecule has 0 N–H and O–H groups in total. The summed E-state index contributed by atoms with van der Waals surface area (Å²) in [5.74, 6) is 0. The summed E-state index contributed by atoms with van der Waals surface area (Å²) in [6.45, 7) is 1.30. The van der Waals surface area contributed by atoms with E-state index in [1.165, 1.54) is 6.92 Å². The fourth-order valence-electron chi connectivity index (χ4n) is 1.81. The van der Waals surface area contributed by atoms with Gasteiger partial charge in [0.05, 0.1) is 17.4 Å². The maximum absolute atomic E-state index is 12.9. The zero-order valence-corrected chi connectivity index (χ0v) is 12.2. The van der Waals surface area contributed by atoms with Crippen LogP contribution >= 0.6 is 0 Å². The van der Waals surface area contributed by atoms with Gasteiger partial charge in [0.15, 0.2) is 0 Å². The maximum Gasteiger partial charge on any atom is 0.416 e. The molecular weight excluding hydrogens is 338 g/mol. The first kappa shape index (κ1) is 18.8. The van der Waals surface area contributed by atoms with Crippen LogP contribution in [0.25, 0.3) is 0 Å². The van der Waals surface area contributed by atoms with Gasteiger partial charge in [0.25, 0.3) is 10.1 Å². The van der Waals surface area contributed by atoms with Crippen molar-refractivity contribution in [3.05, 3.63) is 34.9 Å². The number of hydrogen-bond donors (Lipinski definition) is 0. The van der Waals surface area contributed by atoms with Gasteiger partial charge in [-0.25, -0.2) is 0 Å². The second-order valence-electron chi connectivity index (χ2n) is 4.49. The molecule has 3 nitrogen and oxygen atoms in total. The van der Waals surface area contributed by atoms with Crippen molar-refractivity contribution in [1.29, 1.82) is 0 Å². The van der Waals surface area contributed by atoms with Gasteiger partial charge in [-0.15, -0.1) is 0 Å². The molecule has 0 spiro atoms. The first-order valence-electron chi connectivity index (χ1n) is 5.92. The van der Waals surface area contributed by atoms with Gasteiger partial charge < -0.3 is 0 Å². The molecule has 0 saturated carbocycles. The third kappa shape index (κ3) is 4.87. The van der Waals surface area contributed by atoms with Crippen LogP contribution in [0.1, 0.15) is 36.1 Å². The van der Waals surface area contributed by atoms with E-state index in [1.54, 1.807) is 0 Å². The van der Waals surface area contributed by atoms with Crippen molar-refractivity contribution in [3.63, 3.8) is 0 Å². The third-order valence-electron chi connectivity index (χ3n) is 2.69. The Bertz CT molecular complexity index is 633. The quantitative estimate of drug-likeness (QED) is 0.605. The summed E-state index contributed by atoms with van der Waals surface area (Å²) >= 11 is 0. The third-order valence-corrected chi connectivity index (χ3v) is 3.27. The normalized spacial score (nSPS) is 14.9. The lowest BCUT2D eigenvalue weighted by Gasteiger charge is -2.21. The van der Waals surface area contributed by atoms with Crippen LogP contribution in [0, 0.1) is 0 Å². The van der Waals surface area contributed by atoms with Crippen LogP contribution in [0.15, 0.2) is 18.2 Å². The molecule has 10 heteroatoms. The molecule has 1 aromatic rings. The molecule has 0 aromatic heterocycles. The monoisotopic (exact) mass is 350 g/mol. The molecule has 1 aromatic carbocycles. The highest BCUT2D eigenvalue weighted by molar-refractivity contribution is 7.86. The fraction of sp³-hybridized carbons (Fsp3) is 0.500. The number of rotatable bonds is 4. The highest BCUT2D eigenvalue weighted by atomic mass is 32.2. The summed E-state index contributed by atoms with van der Waals surface area (Å²) in [5, 5.41) is 0. The van der Waals surface area contributed by atoms with E-state index in [2.05, 4.69) is 4.18 Å². The van der Waals surface area contributed by atoms with Crippen LogP contribution < -0.4 is 0 Å². The van der Waals surface area contributed by atoms with Gasteiger partial charge in [-0.1, -0.05) is 6.92 Å². The number of alkyl halides is 6. The highest BCUT2D eigenvalue weighted by Crippen LogP contribution is 2.40. The lowest BCUT2D eigenvalue weighted by Crippen LogP contribution is -2.18. The molecule has 0 saturated heterocycles. The van der Waals surface area contributed by atoms with E-state index in [-0.39, 0.29) is 18.6 Å². The molecular formula is C12H12F6O3S. The molecule has 0 fully saturated rings. The van der Waals surface area contributed by atoms with E-state index in [4.69, 9.17) is 0 Å². The van der Waals surface area contributed by atoms with Crippen molar-refractivity contribution >= 4 is 10.1 Å². The zero-order valence-electron chi connectivity index (χ0n) is 11.4. The van der Waals surface area contributed by atoms with Crippen molar-refractivity contribution in [2.75, 3.05) is 6.26 Å². The molecule has 0 aliphatic carbocycles.